The van der Waals surface area contributed by atoms with Crippen LogP contribution in [0.2, 0.25) is 0 Å². The summed E-state index contributed by atoms with van der Waals surface area (Å²) >= 11 is 1.81. The van der Waals surface area contributed by atoms with E-state index < -0.39 is 0 Å². The average molecular weight is 572 g/mol. The predicted octanol–water partition coefficient (Wildman–Crippen LogP) is 10.2. The first-order chi connectivity index (χ1) is 19.2. The number of hydrogen-bond donors (Lipinski definition) is 0. The van der Waals surface area contributed by atoms with Crippen molar-refractivity contribution in [1.29, 1.82) is 0 Å². The Balaban J connectivity index is 0.000000257. The van der Waals surface area contributed by atoms with Crippen molar-refractivity contribution in [3.63, 3.8) is 0 Å². The van der Waals surface area contributed by atoms with Crippen LogP contribution in [0.5, 0.6) is 0 Å². The van der Waals surface area contributed by atoms with Crippen molar-refractivity contribution in [2.45, 2.75) is 58.8 Å². The Bertz CT molecular complexity index is 1460. The van der Waals surface area contributed by atoms with Crippen LogP contribution < -0.4 is 0 Å². The van der Waals surface area contributed by atoms with Gasteiger partial charge in [0.1, 0.15) is 0 Å². The van der Waals surface area contributed by atoms with Gasteiger partial charge in [-0.2, -0.15) is 72.8 Å². The Labute approximate surface area is 255 Å². The van der Waals surface area contributed by atoms with E-state index in [0.717, 1.165) is 6.42 Å². The minimum Gasteiger partial charge on any atom is -0.184 e. The smallest absolute Gasteiger partial charge is 0.171 e. The molecule has 0 aromatic heterocycles. The van der Waals surface area contributed by atoms with Gasteiger partial charge < -0.3 is 0 Å². The third kappa shape index (κ3) is 8.34. The Hall–Kier alpha value is -2.84. The monoisotopic (exact) mass is 571 g/mol. The van der Waals surface area contributed by atoms with Crippen LogP contribution in [0, 0.1) is 12.1 Å². The second-order valence-corrected chi connectivity index (χ2v) is 11.9. The predicted molar refractivity (Wildman–Crippen MR) is 172 cm³/mol. The maximum absolute atomic E-state index is 2.97. The van der Waals surface area contributed by atoms with Crippen molar-refractivity contribution < 1.29 is 19.2 Å². The Morgan fingerprint density at radius 3 is 1.73 bits per heavy atom. The number of benzene rings is 4. The second kappa shape index (κ2) is 14.7. The number of hydrogen-bond acceptors (Lipinski definition) is 0. The van der Waals surface area contributed by atoms with Crippen molar-refractivity contribution in [2.75, 3.05) is 0 Å². The molecule has 5 aromatic rings. The van der Waals surface area contributed by atoms with Gasteiger partial charge >= 0.3 is 26.8 Å². The van der Waals surface area contributed by atoms with Crippen LogP contribution in [0.15, 0.2) is 115 Å². The van der Waals surface area contributed by atoms with E-state index in [1.54, 1.807) is 19.2 Å². The standard InChI is InChI=1S/C26H29.2C6H5.Si.Ti/c1-25(2,3)19-11-12-20-18(15-19)16-22-21(20)13-14-23(26(4,5)6)24(22)17-9-7-8-10-17;2*1-2-4-6-5-3-1;;/h7-9,11-16H,10H2,1-6H3;2*1-5H;;/q3*-1;;. The molecule has 6 rings (SSSR count). The molecule has 2 radical (unpaired) electrons. The molecule has 0 heterocycles. The van der Waals surface area contributed by atoms with E-state index in [0.29, 0.717) is 0 Å². The first-order valence-corrected chi connectivity index (χ1v) is 16.6. The molecule has 1 aliphatic carbocycles. The molecule has 0 nitrogen and oxygen atoms in total. The van der Waals surface area contributed by atoms with Gasteiger partial charge in [-0.15, -0.1) is 33.7 Å². The van der Waals surface area contributed by atoms with Crippen molar-refractivity contribution in [1.82, 2.24) is 0 Å². The molecule has 0 atom stereocenters. The van der Waals surface area contributed by atoms with E-state index in [2.05, 4.69) is 116 Å². The summed E-state index contributed by atoms with van der Waals surface area (Å²) in [5.41, 5.74) is 6.06. The van der Waals surface area contributed by atoms with E-state index in [4.69, 9.17) is 0 Å². The number of allylic oxidation sites excluding steroid dienone is 4. The van der Waals surface area contributed by atoms with Crippen LogP contribution in [-0.2, 0) is 30.0 Å². The van der Waals surface area contributed by atoms with Crippen LogP contribution in [0.25, 0.3) is 27.1 Å². The average Bonchev–Trinajstić information content (AvgIpc) is 3.63. The van der Waals surface area contributed by atoms with E-state index in [-0.39, 0.29) is 10.8 Å². The molecule has 0 unspecified atom stereocenters. The van der Waals surface area contributed by atoms with Crippen LogP contribution in [0.1, 0.15) is 64.7 Å². The van der Waals surface area contributed by atoms with Crippen molar-refractivity contribution in [2.24, 2.45) is 0 Å². The van der Waals surface area contributed by atoms with Crippen LogP contribution in [-0.4, -0.2) is 7.63 Å². The van der Waals surface area contributed by atoms with Crippen LogP contribution >= 0.6 is 0 Å². The van der Waals surface area contributed by atoms with Gasteiger partial charge in [0.25, 0.3) is 0 Å². The fraction of sp³-hybridized carbons (Fsp3) is 0.237. The van der Waals surface area contributed by atoms with Crippen LogP contribution in [0.4, 0.5) is 0 Å². The molecule has 1 aliphatic rings. The van der Waals surface area contributed by atoms with Crippen molar-refractivity contribution in [3.05, 3.63) is 144 Å². The molecule has 0 spiro atoms. The van der Waals surface area contributed by atoms with Gasteiger partial charge in [-0.25, -0.2) is 0 Å². The molecule has 40 heavy (non-hydrogen) atoms. The summed E-state index contributed by atoms with van der Waals surface area (Å²) in [6, 6.07) is 39.1. The molecule has 0 N–H and O–H groups in total. The summed E-state index contributed by atoms with van der Waals surface area (Å²) in [6.07, 6.45) is 7.79. The fourth-order valence-corrected chi connectivity index (χ4v) is 4.84. The number of rotatable bonds is 1. The third-order valence-corrected chi connectivity index (χ3v) is 6.87. The Kier molecular flexibility index (Phi) is 11.6. The summed E-state index contributed by atoms with van der Waals surface area (Å²) in [6.45, 7) is 13.8. The first kappa shape index (κ1) is 31.7. The molecule has 0 aliphatic heterocycles. The molecule has 2 heteroatoms. The summed E-state index contributed by atoms with van der Waals surface area (Å²) in [4.78, 5) is 0. The maximum Gasteiger partial charge on any atom is -0.171 e. The van der Waals surface area contributed by atoms with E-state index in [1.165, 1.54) is 43.8 Å². The normalized spacial score (nSPS) is 12.4. The fourth-order valence-electron chi connectivity index (χ4n) is 4.84. The first-order valence-electron chi connectivity index (χ1n) is 13.8. The minimum atomic E-state index is 0.132. The zero-order valence-electron chi connectivity index (χ0n) is 24.7. The molecule has 5 aromatic carbocycles. The Morgan fingerprint density at radius 2 is 1.30 bits per heavy atom. The van der Waals surface area contributed by atoms with Crippen LogP contribution in [0.3, 0.4) is 0 Å². The molecule has 0 fully saturated rings. The van der Waals surface area contributed by atoms with E-state index >= 15 is 0 Å². The molecular formula is C38H39SiTi-3. The minimum absolute atomic E-state index is 0.132. The summed E-state index contributed by atoms with van der Waals surface area (Å²) in [5.74, 6) is 0. The summed E-state index contributed by atoms with van der Waals surface area (Å²) in [5, 5.41) is 5.54. The molecular weight excluding hydrogens is 532 g/mol. The zero-order valence-corrected chi connectivity index (χ0v) is 27.2. The van der Waals surface area contributed by atoms with E-state index in [9.17, 15) is 0 Å². The summed E-state index contributed by atoms with van der Waals surface area (Å²) in [7, 11) is 2.97. The summed E-state index contributed by atoms with van der Waals surface area (Å²) < 4.78 is 0. The van der Waals surface area contributed by atoms with Gasteiger partial charge in [-0.1, -0.05) is 106 Å². The van der Waals surface area contributed by atoms with Crippen molar-refractivity contribution >= 4 is 34.7 Å². The largest absolute Gasteiger partial charge is 0.184 e. The third-order valence-electron chi connectivity index (χ3n) is 6.87. The molecule has 202 valence electrons. The van der Waals surface area contributed by atoms with Gasteiger partial charge in [0.2, 0.25) is 0 Å². The molecule has 0 bridgehead atoms. The topological polar surface area (TPSA) is 0 Å². The molecule has 0 amide bonds. The molecule has 0 saturated carbocycles. The van der Waals surface area contributed by atoms with Gasteiger partial charge in [0.15, 0.2) is 0 Å². The van der Waals surface area contributed by atoms with Crippen molar-refractivity contribution in [3.8, 4) is 0 Å². The van der Waals surface area contributed by atoms with E-state index in [1.807, 2.05) is 60.7 Å². The Morgan fingerprint density at radius 1 is 0.725 bits per heavy atom. The molecule has 0 saturated heterocycles. The van der Waals surface area contributed by atoms with Gasteiger partial charge in [0.05, 0.1) is 0 Å². The van der Waals surface area contributed by atoms with Gasteiger partial charge in [0, 0.05) is 0 Å². The zero-order chi connectivity index (χ0) is 29.2. The maximum atomic E-state index is 2.97. The second-order valence-electron chi connectivity index (χ2n) is 11.9. The number of fused-ring (bicyclic) bond motifs is 3. The van der Waals surface area contributed by atoms with Gasteiger partial charge in [-0.05, 0) is 17.3 Å². The van der Waals surface area contributed by atoms with Gasteiger partial charge in [-0.3, -0.25) is 0 Å². The SMILES string of the molecule is CC(C)(C)c1ccc2c(c1)[cH-]c1c(C3=CC=CC3)c(C(C)(C)C)ccc12.[Si]=[Ti].[c-]1ccccc1.[c-]1ccccc1. The quantitative estimate of drug-likeness (QED) is 0.139.